The minimum absolute atomic E-state index is 0.0369. The molecular weight excluding hydrogens is 301 g/mol. The molecule has 0 radical (unpaired) electrons. The molecule has 0 unspecified atom stereocenters. The fraction of sp³-hybridized carbons (Fsp3) is 0.571. The van der Waals surface area contributed by atoms with Crippen LogP contribution >= 0.6 is 11.6 Å². The van der Waals surface area contributed by atoms with E-state index in [4.69, 9.17) is 11.6 Å². The van der Waals surface area contributed by atoms with Crippen LogP contribution in [0.15, 0.2) is 17.0 Å². The standard InChI is InChI=1S/C14H19ClFNO2S/c1-3-17(9-11-4-5-11)20(18,19)13-6-10(2)14(16)12(7-13)8-15/h6-7,11H,3-5,8-9H2,1-2H3. The zero-order chi connectivity index (χ0) is 14.9. The quantitative estimate of drug-likeness (QED) is 0.754. The Morgan fingerprint density at radius 3 is 2.55 bits per heavy atom. The van der Waals surface area contributed by atoms with Gasteiger partial charge in [-0.2, -0.15) is 4.31 Å². The monoisotopic (exact) mass is 319 g/mol. The zero-order valence-electron chi connectivity index (χ0n) is 11.7. The summed E-state index contributed by atoms with van der Waals surface area (Å²) < 4.78 is 40.5. The van der Waals surface area contributed by atoms with Crippen molar-refractivity contribution in [3.8, 4) is 0 Å². The molecule has 0 atom stereocenters. The molecule has 3 nitrogen and oxygen atoms in total. The van der Waals surface area contributed by atoms with Crippen LogP contribution in [0.3, 0.4) is 0 Å². The number of hydrogen-bond acceptors (Lipinski definition) is 2. The van der Waals surface area contributed by atoms with Gasteiger partial charge in [-0.05, 0) is 43.4 Å². The molecule has 1 saturated carbocycles. The summed E-state index contributed by atoms with van der Waals surface area (Å²) in [6, 6.07) is 2.73. The molecule has 112 valence electrons. The van der Waals surface area contributed by atoms with Crippen molar-refractivity contribution >= 4 is 21.6 Å². The summed E-state index contributed by atoms with van der Waals surface area (Å²) in [7, 11) is -3.57. The molecule has 0 spiro atoms. The maximum atomic E-state index is 13.8. The van der Waals surface area contributed by atoms with E-state index in [0.717, 1.165) is 12.8 Å². The van der Waals surface area contributed by atoms with Gasteiger partial charge in [-0.15, -0.1) is 11.6 Å². The molecule has 0 N–H and O–H groups in total. The predicted molar refractivity (Wildman–Crippen MR) is 77.9 cm³/mol. The van der Waals surface area contributed by atoms with Crippen molar-refractivity contribution in [3.05, 3.63) is 29.1 Å². The smallest absolute Gasteiger partial charge is 0.207 e. The highest BCUT2D eigenvalue weighted by molar-refractivity contribution is 7.89. The van der Waals surface area contributed by atoms with Crippen molar-refractivity contribution in [2.24, 2.45) is 5.92 Å². The van der Waals surface area contributed by atoms with E-state index >= 15 is 0 Å². The van der Waals surface area contributed by atoms with Crippen LogP contribution in [0.25, 0.3) is 0 Å². The number of rotatable bonds is 6. The molecule has 0 amide bonds. The topological polar surface area (TPSA) is 37.4 Å². The van der Waals surface area contributed by atoms with Gasteiger partial charge < -0.3 is 0 Å². The number of aryl methyl sites for hydroxylation is 1. The first-order valence-corrected chi connectivity index (χ1v) is 8.72. The van der Waals surface area contributed by atoms with E-state index in [1.165, 1.54) is 16.4 Å². The SMILES string of the molecule is CCN(CC1CC1)S(=O)(=O)c1cc(C)c(F)c(CCl)c1. The van der Waals surface area contributed by atoms with Crippen molar-refractivity contribution in [2.75, 3.05) is 13.1 Å². The largest absolute Gasteiger partial charge is 0.243 e. The third kappa shape index (κ3) is 3.15. The second kappa shape index (κ2) is 6.00. The van der Waals surface area contributed by atoms with E-state index in [9.17, 15) is 12.8 Å². The van der Waals surface area contributed by atoms with Crippen molar-refractivity contribution in [1.82, 2.24) is 4.31 Å². The Bertz CT molecular complexity index is 599. The predicted octanol–water partition coefficient (Wildman–Crippen LogP) is 3.29. The molecule has 0 bridgehead atoms. The average Bonchev–Trinajstić information content (AvgIpc) is 3.22. The van der Waals surface area contributed by atoms with Crippen LogP contribution in [0, 0.1) is 18.7 Å². The summed E-state index contributed by atoms with van der Waals surface area (Å²) in [5.41, 5.74) is 0.539. The molecule has 0 aliphatic heterocycles. The summed E-state index contributed by atoms with van der Waals surface area (Å²) >= 11 is 5.69. The second-order valence-electron chi connectivity index (χ2n) is 5.25. The highest BCUT2D eigenvalue weighted by Crippen LogP contribution is 2.32. The lowest BCUT2D eigenvalue weighted by Crippen LogP contribution is -2.33. The number of nitrogens with zero attached hydrogens (tertiary/aromatic N) is 1. The molecule has 1 aliphatic carbocycles. The van der Waals surface area contributed by atoms with Gasteiger partial charge in [-0.3, -0.25) is 0 Å². The van der Waals surface area contributed by atoms with Gasteiger partial charge in [0.1, 0.15) is 5.82 Å². The van der Waals surface area contributed by atoms with Crippen molar-refractivity contribution in [3.63, 3.8) is 0 Å². The van der Waals surface area contributed by atoms with Gasteiger partial charge in [-0.25, -0.2) is 12.8 Å². The van der Waals surface area contributed by atoms with Crippen molar-refractivity contribution in [1.29, 1.82) is 0 Å². The van der Waals surface area contributed by atoms with Crippen LogP contribution in [-0.2, 0) is 15.9 Å². The average molecular weight is 320 g/mol. The lowest BCUT2D eigenvalue weighted by atomic mass is 10.1. The van der Waals surface area contributed by atoms with Crippen LogP contribution in [0.4, 0.5) is 4.39 Å². The van der Waals surface area contributed by atoms with Crippen LogP contribution in [0.2, 0.25) is 0 Å². The van der Waals surface area contributed by atoms with Gasteiger partial charge in [0.15, 0.2) is 0 Å². The normalized spacial score (nSPS) is 15.8. The number of hydrogen-bond donors (Lipinski definition) is 0. The van der Waals surface area contributed by atoms with Gasteiger partial charge in [0.05, 0.1) is 10.8 Å². The van der Waals surface area contributed by atoms with Crippen LogP contribution in [-0.4, -0.2) is 25.8 Å². The zero-order valence-corrected chi connectivity index (χ0v) is 13.3. The fourth-order valence-corrected chi connectivity index (χ4v) is 4.04. The highest BCUT2D eigenvalue weighted by atomic mass is 35.5. The van der Waals surface area contributed by atoms with E-state index < -0.39 is 15.8 Å². The Morgan fingerprint density at radius 1 is 1.40 bits per heavy atom. The molecule has 2 rings (SSSR count). The summed E-state index contributed by atoms with van der Waals surface area (Å²) in [6.07, 6.45) is 2.17. The maximum absolute atomic E-state index is 13.8. The lowest BCUT2D eigenvalue weighted by molar-refractivity contribution is 0.412. The number of benzene rings is 1. The first-order valence-electron chi connectivity index (χ1n) is 6.75. The minimum atomic E-state index is -3.57. The minimum Gasteiger partial charge on any atom is -0.207 e. The molecule has 0 heterocycles. The molecule has 1 fully saturated rings. The van der Waals surface area contributed by atoms with E-state index in [1.807, 2.05) is 6.92 Å². The first kappa shape index (κ1) is 15.7. The molecule has 1 aliphatic rings. The van der Waals surface area contributed by atoms with E-state index in [2.05, 4.69) is 0 Å². The Morgan fingerprint density at radius 2 is 2.05 bits per heavy atom. The third-order valence-electron chi connectivity index (χ3n) is 3.60. The Kier molecular flexibility index (Phi) is 4.72. The molecule has 1 aromatic carbocycles. The second-order valence-corrected chi connectivity index (χ2v) is 7.45. The van der Waals surface area contributed by atoms with Crippen molar-refractivity contribution in [2.45, 2.75) is 37.5 Å². The van der Waals surface area contributed by atoms with Crippen LogP contribution in [0.5, 0.6) is 0 Å². The summed E-state index contributed by atoms with van der Waals surface area (Å²) in [4.78, 5) is 0.134. The Labute approximate surface area is 124 Å². The van der Waals surface area contributed by atoms with Gasteiger partial charge in [-0.1, -0.05) is 6.92 Å². The van der Waals surface area contributed by atoms with Gasteiger partial charge in [0.25, 0.3) is 0 Å². The van der Waals surface area contributed by atoms with Gasteiger partial charge in [0.2, 0.25) is 10.0 Å². The third-order valence-corrected chi connectivity index (χ3v) is 5.80. The molecule has 1 aromatic rings. The Balaban J connectivity index is 2.39. The molecular formula is C14H19ClFNO2S. The molecule has 6 heteroatoms. The Hall–Kier alpha value is -0.650. The highest BCUT2D eigenvalue weighted by Gasteiger charge is 2.31. The van der Waals surface area contributed by atoms with Crippen LogP contribution in [0.1, 0.15) is 30.9 Å². The van der Waals surface area contributed by atoms with Crippen LogP contribution < -0.4 is 0 Å². The van der Waals surface area contributed by atoms with E-state index in [-0.39, 0.29) is 16.3 Å². The lowest BCUT2D eigenvalue weighted by Gasteiger charge is -2.21. The van der Waals surface area contributed by atoms with Crippen molar-refractivity contribution < 1.29 is 12.8 Å². The number of halogens is 2. The first-order chi connectivity index (χ1) is 9.40. The number of alkyl halides is 1. The maximum Gasteiger partial charge on any atom is 0.243 e. The molecule has 20 heavy (non-hydrogen) atoms. The molecule has 0 saturated heterocycles. The summed E-state index contributed by atoms with van der Waals surface area (Å²) in [5, 5.41) is 0. The fourth-order valence-electron chi connectivity index (χ4n) is 2.19. The van der Waals surface area contributed by atoms with E-state index in [1.54, 1.807) is 6.92 Å². The number of sulfonamides is 1. The van der Waals surface area contributed by atoms with Gasteiger partial charge in [0, 0.05) is 18.7 Å². The van der Waals surface area contributed by atoms with E-state index in [0.29, 0.717) is 24.6 Å². The van der Waals surface area contributed by atoms with Gasteiger partial charge >= 0.3 is 0 Å². The molecule has 0 aromatic heterocycles. The summed E-state index contributed by atoms with van der Waals surface area (Å²) in [6.45, 7) is 4.34. The summed E-state index contributed by atoms with van der Waals surface area (Å²) in [5.74, 6) is 0.00749.